The zero-order valence-corrected chi connectivity index (χ0v) is 7.85. The molecule has 0 aromatic carbocycles. The number of likely N-dealkylation sites (tertiary alicyclic amines) is 1. The molecule has 0 spiro atoms. The van der Waals surface area contributed by atoms with E-state index in [0.717, 1.165) is 6.04 Å². The largest absolute Gasteiger partial charge is 0.301 e. The van der Waals surface area contributed by atoms with Gasteiger partial charge in [0.2, 0.25) is 0 Å². The molecule has 0 N–H and O–H groups in total. The maximum atomic E-state index is 2.53. The first kappa shape index (κ1) is 9.96. The van der Waals surface area contributed by atoms with Crippen molar-refractivity contribution in [2.75, 3.05) is 13.1 Å². The van der Waals surface area contributed by atoms with E-state index in [1.165, 1.54) is 25.9 Å². The summed E-state index contributed by atoms with van der Waals surface area (Å²) in [5, 5.41) is 0. The number of hydrogen-bond acceptors (Lipinski definition) is 1. The van der Waals surface area contributed by atoms with Crippen LogP contribution in [0.3, 0.4) is 0 Å². The Balaban J connectivity index is 0.000000371. The van der Waals surface area contributed by atoms with Crippen LogP contribution < -0.4 is 0 Å². The van der Waals surface area contributed by atoms with Crippen LogP contribution in [0.1, 0.15) is 40.5 Å². The molecule has 1 heterocycles. The summed E-state index contributed by atoms with van der Waals surface area (Å²) >= 11 is 0. The predicted molar refractivity (Wildman–Crippen MR) is 47.3 cm³/mol. The predicted octanol–water partition coefficient (Wildman–Crippen LogP) is 2.52. The Kier molecular flexibility index (Phi) is 5.70. The van der Waals surface area contributed by atoms with Crippen molar-refractivity contribution in [1.82, 2.24) is 4.90 Å². The highest BCUT2D eigenvalue weighted by molar-refractivity contribution is 4.79. The Labute approximate surface area is 65.4 Å². The minimum atomic E-state index is 0.931. The van der Waals surface area contributed by atoms with Crippen molar-refractivity contribution in [3.63, 3.8) is 0 Å². The van der Waals surface area contributed by atoms with Crippen molar-refractivity contribution in [3.8, 4) is 0 Å². The Morgan fingerprint density at radius 2 is 1.90 bits per heavy atom. The molecule has 1 heteroatoms. The lowest BCUT2D eigenvalue weighted by molar-refractivity contribution is 0.0950. The molecule has 1 saturated heterocycles. The van der Waals surface area contributed by atoms with Crippen LogP contribution in [0, 0.1) is 0 Å². The first-order chi connectivity index (χ1) is 4.88. The summed E-state index contributed by atoms with van der Waals surface area (Å²) in [5.41, 5.74) is 0. The molecule has 0 saturated carbocycles. The van der Waals surface area contributed by atoms with Gasteiger partial charge in [0.15, 0.2) is 0 Å². The molecule has 0 aliphatic carbocycles. The van der Waals surface area contributed by atoms with Crippen molar-refractivity contribution in [1.29, 1.82) is 0 Å². The van der Waals surface area contributed by atoms with Gasteiger partial charge in [0.05, 0.1) is 0 Å². The van der Waals surface area contributed by atoms with Crippen LogP contribution in [0.15, 0.2) is 0 Å². The highest BCUT2D eigenvalue weighted by Gasteiger charge is 2.23. The Bertz CT molecular complexity index is 57.1. The quantitative estimate of drug-likeness (QED) is 0.574. The van der Waals surface area contributed by atoms with E-state index >= 15 is 0 Å². The summed E-state index contributed by atoms with van der Waals surface area (Å²) in [4.78, 5) is 2.53. The molecule has 1 fully saturated rings. The zero-order valence-electron chi connectivity index (χ0n) is 7.85. The van der Waals surface area contributed by atoms with Crippen LogP contribution in [0.4, 0.5) is 0 Å². The fourth-order valence-electron chi connectivity index (χ4n) is 1.37. The summed E-state index contributed by atoms with van der Waals surface area (Å²) in [5.74, 6) is 0. The van der Waals surface area contributed by atoms with E-state index in [9.17, 15) is 0 Å². The van der Waals surface area contributed by atoms with Crippen molar-refractivity contribution in [2.24, 2.45) is 0 Å². The lowest BCUT2D eigenvalue weighted by Gasteiger charge is -2.39. The Morgan fingerprint density at radius 1 is 1.30 bits per heavy atom. The van der Waals surface area contributed by atoms with Crippen LogP contribution >= 0.6 is 0 Å². The molecular formula is C9H21N. The molecule has 1 aliphatic rings. The van der Waals surface area contributed by atoms with E-state index in [2.05, 4.69) is 18.7 Å². The Hall–Kier alpha value is -0.0400. The van der Waals surface area contributed by atoms with Gasteiger partial charge in [-0.1, -0.05) is 27.7 Å². The third-order valence-electron chi connectivity index (χ3n) is 2.14. The second-order valence-corrected chi connectivity index (χ2v) is 2.48. The van der Waals surface area contributed by atoms with Crippen molar-refractivity contribution in [2.45, 2.75) is 46.6 Å². The number of nitrogens with zero attached hydrogens (tertiary/aromatic N) is 1. The van der Waals surface area contributed by atoms with Gasteiger partial charge in [-0.05, 0) is 25.9 Å². The molecule has 0 bridgehead atoms. The summed E-state index contributed by atoms with van der Waals surface area (Å²) in [6.45, 7) is 11.1. The molecule has 1 rings (SSSR count). The third-order valence-corrected chi connectivity index (χ3v) is 2.14. The van der Waals surface area contributed by atoms with Gasteiger partial charge in [0, 0.05) is 6.04 Å². The molecule has 1 nitrogen and oxygen atoms in total. The molecule has 0 aromatic rings. The highest BCUT2D eigenvalue weighted by Crippen LogP contribution is 2.18. The maximum absolute atomic E-state index is 2.53. The van der Waals surface area contributed by atoms with E-state index in [1.807, 2.05) is 13.8 Å². The molecule has 1 atom stereocenters. The second-order valence-electron chi connectivity index (χ2n) is 2.48. The summed E-state index contributed by atoms with van der Waals surface area (Å²) in [6.07, 6.45) is 2.78. The fourth-order valence-corrected chi connectivity index (χ4v) is 1.37. The minimum absolute atomic E-state index is 0.931. The van der Waals surface area contributed by atoms with Crippen molar-refractivity contribution < 1.29 is 0 Å². The van der Waals surface area contributed by atoms with E-state index in [0.29, 0.717) is 0 Å². The van der Waals surface area contributed by atoms with E-state index in [1.54, 1.807) is 0 Å². The Morgan fingerprint density at radius 3 is 2.00 bits per heavy atom. The van der Waals surface area contributed by atoms with E-state index < -0.39 is 0 Å². The van der Waals surface area contributed by atoms with Gasteiger partial charge in [-0.2, -0.15) is 0 Å². The van der Waals surface area contributed by atoms with Gasteiger partial charge in [0.1, 0.15) is 0 Å². The molecule has 0 radical (unpaired) electrons. The van der Waals surface area contributed by atoms with E-state index in [-0.39, 0.29) is 0 Å². The van der Waals surface area contributed by atoms with Gasteiger partial charge < -0.3 is 4.90 Å². The SMILES string of the molecule is CC.CCC1CCN1CC. The fraction of sp³-hybridized carbons (Fsp3) is 1.00. The molecule has 0 aromatic heterocycles. The average Bonchev–Trinajstić information content (AvgIpc) is 1.92. The molecule has 1 unspecified atom stereocenters. The van der Waals surface area contributed by atoms with E-state index in [4.69, 9.17) is 0 Å². The normalized spacial score (nSPS) is 24.6. The molecule has 0 amide bonds. The first-order valence-corrected chi connectivity index (χ1v) is 4.62. The second kappa shape index (κ2) is 5.72. The van der Waals surface area contributed by atoms with Gasteiger partial charge in [-0.3, -0.25) is 0 Å². The standard InChI is InChI=1S/C7H15N.C2H6/c1-3-7-5-6-8(7)4-2;1-2/h7H,3-6H2,1-2H3;1-2H3. The summed E-state index contributed by atoms with van der Waals surface area (Å²) in [7, 11) is 0. The van der Waals surface area contributed by atoms with Crippen molar-refractivity contribution >= 4 is 0 Å². The summed E-state index contributed by atoms with van der Waals surface area (Å²) < 4.78 is 0. The summed E-state index contributed by atoms with van der Waals surface area (Å²) in [6, 6.07) is 0.931. The molecule has 10 heavy (non-hydrogen) atoms. The first-order valence-electron chi connectivity index (χ1n) is 4.62. The smallest absolute Gasteiger partial charge is 0.0105 e. The van der Waals surface area contributed by atoms with Crippen LogP contribution in [0.2, 0.25) is 0 Å². The van der Waals surface area contributed by atoms with Gasteiger partial charge in [0.25, 0.3) is 0 Å². The van der Waals surface area contributed by atoms with Crippen LogP contribution in [-0.2, 0) is 0 Å². The minimum Gasteiger partial charge on any atom is -0.301 e. The van der Waals surface area contributed by atoms with Gasteiger partial charge in [-0.25, -0.2) is 0 Å². The molecular weight excluding hydrogens is 122 g/mol. The third kappa shape index (κ3) is 2.30. The lowest BCUT2D eigenvalue weighted by atomic mass is 10.0. The molecule has 62 valence electrons. The van der Waals surface area contributed by atoms with Crippen LogP contribution in [0.25, 0.3) is 0 Å². The van der Waals surface area contributed by atoms with Gasteiger partial charge in [-0.15, -0.1) is 0 Å². The van der Waals surface area contributed by atoms with Gasteiger partial charge >= 0.3 is 0 Å². The van der Waals surface area contributed by atoms with Crippen LogP contribution in [-0.4, -0.2) is 24.0 Å². The topological polar surface area (TPSA) is 3.24 Å². The van der Waals surface area contributed by atoms with Crippen LogP contribution in [0.5, 0.6) is 0 Å². The highest BCUT2D eigenvalue weighted by atomic mass is 15.2. The number of rotatable bonds is 2. The monoisotopic (exact) mass is 143 g/mol. The lowest BCUT2D eigenvalue weighted by Crippen LogP contribution is -2.46. The number of hydrogen-bond donors (Lipinski definition) is 0. The molecule has 1 aliphatic heterocycles. The zero-order chi connectivity index (χ0) is 7.98. The average molecular weight is 143 g/mol. The maximum Gasteiger partial charge on any atom is 0.0105 e. The van der Waals surface area contributed by atoms with Crippen molar-refractivity contribution in [3.05, 3.63) is 0 Å².